The summed E-state index contributed by atoms with van der Waals surface area (Å²) >= 11 is 0. The molecule has 0 N–H and O–H groups in total. The molecule has 0 aliphatic rings. The lowest BCUT2D eigenvalue weighted by atomic mass is 10.0. The predicted octanol–water partition coefficient (Wildman–Crippen LogP) is 3.98. The van der Waals surface area contributed by atoms with Gasteiger partial charge in [-0.3, -0.25) is 4.68 Å². The Morgan fingerprint density at radius 2 is 2.00 bits per heavy atom. The van der Waals surface area contributed by atoms with E-state index in [-0.39, 0.29) is 0 Å². The number of nitrogens with zero attached hydrogens (tertiary/aromatic N) is 2. The van der Waals surface area contributed by atoms with Gasteiger partial charge in [-0.05, 0) is 18.9 Å². The predicted molar refractivity (Wildman–Crippen MR) is 76.1 cm³/mol. The van der Waals surface area contributed by atoms with Crippen LogP contribution in [0.25, 0.3) is 11.1 Å². The highest BCUT2D eigenvalue weighted by molar-refractivity contribution is 7.18. The average molecular weight is 264 g/mol. The lowest BCUT2D eigenvalue weighted by Gasteiger charge is -2.13. The van der Waals surface area contributed by atoms with E-state index in [9.17, 15) is 4.39 Å². The van der Waals surface area contributed by atoms with Crippen LogP contribution < -0.4 is 0 Å². The van der Waals surface area contributed by atoms with Crippen LogP contribution in [0.5, 0.6) is 0 Å². The zero-order chi connectivity index (χ0) is 13.2. The normalized spacial score (nSPS) is 14.4. The summed E-state index contributed by atoms with van der Waals surface area (Å²) < 4.78 is 16.0. The third-order valence-electron chi connectivity index (χ3n) is 2.76. The Kier molecular flexibility index (Phi) is 3.82. The fourth-order valence-electron chi connectivity index (χ4n) is 1.96. The molecule has 0 spiro atoms. The maximum Gasteiger partial charge on any atom is 0.164 e. The zero-order valence-electron chi connectivity index (χ0n) is 10.7. The molecule has 0 aliphatic heterocycles. The van der Waals surface area contributed by atoms with Gasteiger partial charge < -0.3 is 0 Å². The molecule has 1 heterocycles. The molecule has 0 fully saturated rings. The van der Waals surface area contributed by atoms with Crippen molar-refractivity contribution < 1.29 is 4.39 Å². The van der Waals surface area contributed by atoms with E-state index < -0.39 is 5.41 Å². The maximum absolute atomic E-state index is 14.2. The quantitative estimate of drug-likeness (QED) is 0.764. The van der Waals surface area contributed by atoms with Crippen molar-refractivity contribution in [2.45, 2.75) is 32.2 Å². The molecular formula is C14H18FN2P. The number of halogens is 1. The Hall–Kier alpha value is -1.21. The molecule has 18 heavy (non-hydrogen) atoms. The highest BCUT2D eigenvalue weighted by Gasteiger charge is 2.27. The Labute approximate surface area is 109 Å². The molecule has 0 bridgehead atoms. The van der Waals surface area contributed by atoms with Gasteiger partial charge in [0.2, 0.25) is 0 Å². The summed E-state index contributed by atoms with van der Waals surface area (Å²) in [6.07, 6.45) is 2.91. The SMILES string of the molecule is CCCn1cc(-c2ccccc2)c(C(C)(F)P)n1. The summed E-state index contributed by atoms with van der Waals surface area (Å²) in [6, 6.07) is 9.82. The van der Waals surface area contributed by atoms with Gasteiger partial charge in [0.1, 0.15) is 5.69 Å². The van der Waals surface area contributed by atoms with Crippen LogP contribution in [0.3, 0.4) is 0 Å². The second kappa shape index (κ2) is 5.19. The first-order valence-electron chi connectivity index (χ1n) is 6.13. The second-order valence-corrected chi connectivity index (χ2v) is 5.68. The molecule has 0 aliphatic carbocycles. The third kappa shape index (κ3) is 2.78. The number of benzene rings is 1. The van der Waals surface area contributed by atoms with Gasteiger partial charge in [0, 0.05) is 18.3 Å². The first kappa shape index (κ1) is 13.2. The van der Waals surface area contributed by atoms with Gasteiger partial charge in [0.05, 0.1) is 0 Å². The van der Waals surface area contributed by atoms with Gasteiger partial charge in [-0.15, -0.1) is 0 Å². The van der Waals surface area contributed by atoms with Crippen molar-refractivity contribution in [3.8, 4) is 11.1 Å². The summed E-state index contributed by atoms with van der Waals surface area (Å²) in [4.78, 5) is 0. The van der Waals surface area contributed by atoms with Gasteiger partial charge >= 0.3 is 0 Å². The number of aryl methyl sites for hydroxylation is 1. The van der Waals surface area contributed by atoms with E-state index in [1.54, 1.807) is 0 Å². The molecule has 1 aromatic heterocycles. The van der Waals surface area contributed by atoms with Gasteiger partial charge in [0.15, 0.2) is 5.41 Å². The summed E-state index contributed by atoms with van der Waals surface area (Å²) in [5.41, 5.74) is 2.34. The molecule has 96 valence electrons. The van der Waals surface area contributed by atoms with Crippen LogP contribution in [0, 0.1) is 0 Å². The van der Waals surface area contributed by atoms with Crippen molar-refractivity contribution in [2.24, 2.45) is 0 Å². The van der Waals surface area contributed by atoms with E-state index in [4.69, 9.17) is 0 Å². The number of hydrogen-bond acceptors (Lipinski definition) is 1. The first-order chi connectivity index (χ1) is 8.52. The molecule has 1 aromatic carbocycles. The number of aromatic nitrogens is 2. The lowest BCUT2D eigenvalue weighted by Crippen LogP contribution is -2.08. The van der Waals surface area contributed by atoms with Crippen molar-refractivity contribution >= 4 is 9.24 Å². The number of rotatable bonds is 4. The Morgan fingerprint density at radius 1 is 1.33 bits per heavy atom. The minimum Gasteiger partial charge on any atom is -0.272 e. The van der Waals surface area contributed by atoms with Gasteiger partial charge in [-0.1, -0.05) is 46.5 Å². The van der Waals surface area contributed by atoms with Gasteiger partial charge in [0.25, 0.3) is 0 Å². The van der Waals surface area contributed by atoms with Crippen molar-refractivity contribution in [2.75, 3.05) is 0 Å². The fraction of sp³-hybridized carbons (Fsp3) is 0.357. The summed E-state index contributed by atoms with van der Waals surface area (Å²) in [7, 11) is 2.22. The van der Waals surface area contributed by atoms with Gasteiger partial charge in [-0.25, -0.2) is 4.39 Å². The van der Waals surface area contributed by atoms with E-state index >= 15 is 0 Å². The Bertz CT molecular complexity index is 514. The zero-order valence-corrected chi connectivity index (χ0v) is 11.9. The summed E-state index contributed by atoms with van der Waals surface area (Å²) in [5, 5.41) is 2.86. The van der Waals surface area contributed by atoms with Gasteiger partial charge in [-0.2, -0.15) is 5.10 Å². The molecule has 2 rings (SSSR count). The van der Waals surface area contributed by atoms with Crippen molar-refractivity contribution in [3.05, 3.63) is 42.2 Å². The lowest BCUT2D eigenvalue weighted by molar-refractivity contribution is 0.313. The van der Waals surface area contributed by atoms with Crippen LogP contribution in [0.1, 0.15) is 26.0 Å². The van der Waals surface area contributed by atoms with Crippen molar-refractivity contribution in [3.63, 3.8) is 0 Å². The smallest absolute Gasteiger partial charge is 0.164 e. The van der Waals surface area contributed by atoms with E-state index in [1.165, 1.54) is 6.92 Å². The van der Waals surface area contributed by atoms with E-state index in [0.29, 0.717) is 5.69 Å². The monoisotopic (exact) mass is 264 g/mol. The molecule has 0 radical (unpaired) electrons. The average Bonchev–Trinajstić information content (AvgIpc) is 2.75. The minimum absolute atomic E-state index is 0.479. The summed E-state index contributed by atoms with van der Waals surface area (Å²) in [6.45, 7) is 4.40. The third-order valence-corrected chi connectivity index (χ3v) is 3.04. The molecule has 2 aromatic rings. The van der Waals surface area contributed by atoms with E-state index in [0.717, 1.165) is 24.1 Å². The maximum atomic E-state index is 14.2. The van der Waals surface area contributed by atoms with Crippen LogP contribution in [0.2, 0.25) is 0 Å². The Morgan fingerprint density at radius 3 is 2.56 bits per heavy atom. The molecule has 0 saturated heterocycles. The second-order valence-electron chi connectivity index (χ2n) is 4.60. The number of hydrogen-bond donors (Lipinski definition) is 0. The summed E-state index contributed by atoms with van der Waals surface area (Å²) in [5.74, 6) is 0. The topological polar surface area (TPSA) is 17.8 Å². The highest BCUT2D eigenvalue weighted by Crippen LogP contribution is 2.38. The van der Waals surface area contributed by atoms with E-state index in [2.05, 4.69) is 21.3 Å². The molecule has 2 unspecified atom stereocenters. The highest BCUT2D eigenvalue weighted by atomic mass is 31.0. The van der Waals surface area contributed by atoms with E-state index in [1.807, 2.05) is 41.2 Å². The van der Waals surface area contributed by atoms with Crippen LogP contribution >= 0.6 is 9.24 Å². The van der Waals surface area contributed by atoms with Crippen molar-refractivity contribution in [1.29, 1.82) is 0 Å². The molecule has 2 nitrogen and oxygen atoms in total. The largest absolute Gasteiger partial charge is 0.272 e. The van der Waals surface area contributed by atoms with Crippen LogP contribution in [0.4, 0.5) is 4.39 Å². The fourth-order valence-corrected chi connectivity index (χ4v) is 2.17. The van der Waals surface area contributed by atoms with Crippen molar-refractivity contribution in [1.82, 2.24) is 9.78 Å². The first-order valence-corrected chi connectivity index (χ1v) is 6.71. The molecule has 2 atom stereocenters. The van der Waals surface area contributed by atoms with Crippen LogP contribution in [0.15, 0.2) is 36.5 Å². The standard InChI is InChI=1S/C14H18FN2P/c1-3-9-17-10-12(11-7-5-4-6-8-11)13(16-17)14(2,15)18/h4-8,10H,3,9,18H2,1-2H3. The molecular weight excluding hydrogens is 246 g/mol. The Balaban J connectivity index is 2.51. The minimum atomic E-state index is -1.51. The molecule has 0 saturated carbocycles. The van der Waals surface area contributed by atoms with Crippen LogP contribution in [-0.2, 0) is 12.0 Å². The van der Waals surface area contributed by atoms with Crippen LogP contribution in [-0.4, -0.2) is 9.78 Å². The molecule has 0 amide bonds. The molecule has 4 heteroatoms. The number of alkyl halides is 1.